The minimum absolute atomic E-state index is 0.976. The average Bonchev–Trinajstić information content (AvgIpc) is 2.54. The van der Waals surface area contributed by atoms with Crippen LogP contribution in [0.15, 0.2) is 36.4 Å². The first-order chi connectivity index (χ1) is 5.86. The average molecular weight is 158 g/mol. The molecule has 0 aliphatic carbocycles. The van der Waals surface area contributed by atoms with Crippen molar-refractivity contribution in [3.63, 3.8) is 0 Å². The van der Waals surface area contributed by atoms with Gasteiger partial charge in [-0.05, 0) is 24.2 Å². The van der Waals surface area contributed by atoms with E-state index in [2.05, 4.69) is 42.3 Å². The van der Waals surface area contributed by atoms with Crippen LogP contribution in [0.25, 0.3) is 5.57 Å². The first-order valence-corrected chi connectivity index (χ1v) is 4.16. The molecule has 0 radical (unpaired) electrons. The van der Waals surface area contributed by atoms with E-state index in [-0.39, 0.29) is 0 Å². The number of hydrogen-bond donors (Lipinski definition) is 0. The van der Waals surface area contributed by atoms with E-state index in [0.717, 1.165) is 13.1 Å². The molecule has 1 heterocycles. The zero-order chi connectivity index (χ0) is 8.39. The third kappa shape index (κ3) is 1.41. The first kappa shape index (κ1) is 7.56. The molecular formula is C11H12N-. The highest BCUT2D eigenvalue weighted by molar-refractivity contribution is 5.68. The molecule has 12 heavy (non-hydrogen) atoms. The quantitative estimate of drug-likeness (QED) is 0.566. The molecule has 0 spiro atoms. The molecule has 0 saturated carbocycles. The van der Waals surface area contributed by atoms with Crippen molar-refractivity contribution in [3.8, 4) is 0 Å². The monoisotopic (exact) mass is 158 g/mol. The maximum Gasteiger partial charge on any atom is -0.00395 e. The van der Waals surface area contributed by atoms with Gasteiger partial charge in [-0.15, -0.1) is 0 Å². The van der Waals surface area contributed by atoms with Gasteiger partial charge in [-0.25, -0.2) is 0 Å². The molecule has 1 aromatic carbocycles. The highest BCUT2D eigenvalue weighted by Crippen LogP contribution is 2.19. The summed E-state index contributed by atoms with van der Waals surface area (Å²) in [6, 6.07) is 10.5. The van der Waals surface area contributed by atoms with Crippen LogP contribution >= 0.6 is 0 Å². The van der Waals surface area contributed by atoms with E-state index in [0.29, 0.717) is 0 Å². The summed E-state index contributed by atoms with van der Waals surface area (Å²) < 4.78 is 0. The van der Waals surface area contributed by atoms with Crippen molar-refractivity contribution in [2.24, 2.45) is 0 Å². The normalized spacial score (nSPS) is 17.9. The lowest BCUT2D eigenvalue weighted by atomic mass is 10.1. The van der Waals surface area contributed by atoms with E-state index in [1.807, 2.05) is 6.07 Å². The van der Waals surface area contributed by atoms with Crippen molar-refractivity contribution in [2.75, 3.05) is 13.1 Å². The topological polar surface area (TPSA) is 3.24 Å². The van der Waals surface area contributed by atoms with Gasteiger partial charge >= 0.3 is 0 Å². The molecule has 1 nitrogen and oxygen atoms in total. The predicted molar refractivity (Wildman–Crippen MR) is 51.3 cm³/mol. The zero-order valence-corrected chi connectivity index (χ0v) is 7.03. The molecule has 1 aliphatic rings. The summed E-state index contributed by atoms with van der Waals surface area (Å²) in [4.78, 5) is 2.06. The summed E-state index contributed by atoms with van der Waals surface area (Å²) in [6.07, 6.45) is 2.24. The Hall–Kier alpha value is -1.08. The van der Waals surface area contributed by atoms with Gasteiger partial charge in [0.1, 0.15) is 0 Å². The third-order valence-electron chi connectivity index (χ3n) is 2.13. The van der Waals surface area contributed by atoms with Crippen LogP contribution in [0.5, 0.6) is 0 Å². The molecule has 0 atom stereocenters. The van der Waals surface area contributed by atoms with Gasteiger partial charge in [-0.3, -0.25) is 7.05 Å². The van der Waals surface area contributed by atoms with Crippen molar-refractivity contribution in [3.05, 3.63) is 49.0 Å². The van der Waals surface area contributed by atoms with E-state index >= 15 is 0 Å². The molecule has 0 saturated heterocycles. The van der Waals surface area contributed by atoms with E-state index in [1.54, 1.807) is 0 Å². The van der Waals surface area contributed by atoms with E-state index < -0.39 is 0 Å². The van der Waals surface area contributed by atoms with E-state index in [4.69, 9.17) is 0 Å². The third-order valence-corrected chi connectivity index (χ3v) is 2.13. The van der Waals surface area contributed by atoms with Crippen LogP contribution in [-0.4, -0.2) is 18.0 Å². The molecule has 0 unspecified atom stereocenters. The van der Waals surface area contributed by atoms with Gasteiger partial charge in [-0.2, -0.15) is 0 Å². The Morgan fingerprint density at radius 1 is 1.17 bits per heavy atom. The smallest absolute Gasteiger partial charge is 0.00395 e. The standard InChI is InChI=1S/C11H12N/c1-12-8-7-11(9-12)10-5-3-2-4-6-10/h2-7H,1,8-9H2/q-1. The fourth-order valence-corrected chi connectivity index (χ4v) is 1.47. The maximum absolute atomic E-state index is 3.89. The van der Waals surface area contributed by atoms with Gasteiger partial charge in [-0.1, -0.05) is 36.4 Å². The van der Waals surface area contributed by atoms with E-state index in [1.165, 1.54) is 11.1 Å². The Morgan fingerprint density at radius 3 is 2.50 bits per heavy atom. The SMILES string of the molecule is [CH2-]N1CC=C(c2ccccc2)C1. The fourth-order valence-electron chi connectivity index (χ4n) is 1.47. The predicted octanol–water partition coefficient (Wildman–Crippen LogP) is 2.18. The van der Waals surface area contributed by atoms with Crippen LogP contribution in [-0.2, 0) is 0 Å². The van der Waals surface area contributed by atoms with Gasteiger partial charge in [0.2, 0.25) is 0 Å². The Bertz CT molecular complexity index is 287. The second kappa shape index (κ2) is 3.11. The Morgan fingerprint density at radius 2 is 1.92 bits per heavy atom. The molecule has 0 bridgehead atoms. The Kier molecular flexibility index (Phi) is 1.96. The van der Waals surface area contributed by atoms with Gasteiger partial charge in [0, 0.05) is 0 Å². The number of hydrogen-bond acceptors (Lipinski definition) is 1. The molecule has 62 valence electrons. The minimum Gasteiger partial charge on any atom is -0.452 e. The summed E-state index contributed by atoms with van der Waals surface area (Å²) in [7, 11) is 3.89. The summed E-state index contributed by atoms with van der Waals surface area (Å²) in [5.41, 5.74) is 2.72. The Labute approximate surface area is 73.3 Å². The van der Waals surface area contributed by atoms with Crippen molar-refractivity contribution in [1.82, 2.24) is 4.90 Å². The lowest BCUT2D eigenvalue weighted by Crippen LogP contribution is -2.10. The number of nitrogens with zero attached hydrogens (tertiary/aromatic N) is 1. The largest absolute Gasteiger partial charge is 0.452 e. The summed E-state index contributed by atoms with van der Waals surface area (Å²) in [5, 5.41) is 0. The lowest BCUT2D eigenvalue weighted by Gasteiger charge is -2.16. The molecule has 0 fully saturated rings. The Balaban J connectivity index is 2.22. The zero-order valence-electron chi connectivity index (χ0n) is 7.03. The summed E-state index contributed by atoms with van der Waals surface area (Å²) >= 11 is 0. The van der Waals surface area contributed by atoms with Crippen molar-refractivity contribution in [1.29, 1.82) is 0 Å². The second-order valence-electron chi connectivity index (χ2n) is 3.11. The summed E-state index contributed by atoms with van der Waals surface area (Å²) in [5.74, 6) is 0. The lowest BCUT2D eigenvalue weighted by molar-refractivity contribution is 0.484. The second-order valence-corrected chi connectivity index (χ2v) is 3.11. The first-order valence-electron chi connectivity index (χ1n) is 4.16. The summed E-state index contributed by atoms with van der Waals surface area (Å²) in [6.45, 7) is 1.95. The van der Waals surface area contributed by atoms with Crippen LogP contribution in [0.4, 0.5) is 0 Å². The van der Waals surface area contributed by atoms with Crippen LogP contribution in [0.3, 0.4) is 0 Å². The van der Waals surface area contributed by atoms with Crippen LogP contribution in [0.1, 0.15) is 5.56 Å². The molecule has 2 rings (SSSR count). The molecule has 1 aromatic rings. The number of benzene rings is 1. The highest BCUT2D eigenvalue weighted by atomic mass is 15.1. The molecule has 1 heteroatoms. The van der Waals surface area contributed by atoms with Gasteiger partial charge in [0.25, 0.3) is 0 Å². The number of rotatable bonds is 1. The fraction of sp³-hybridized carbons (Fsp3) is 0.182. The van der Waals surface area contributed by atoms with E-state index in [9.17, 15) is 0 Å². The minimum atomic E-state index is 0.976. The van der Waals surface area contributed by atoms with Gasteiger partial charge < -0.3 is 4.90 Å². The van der Waals surface area contributed by atoms with Crippen molar-refractivity contribution < 1.29 is 0 Å². The molecule has 0 aromatic heterocycles. The van der Waals surface area contributed by atoms with Crippen LogP contribution in [0, 0.1) is 7.05 Å². The highest BCUT2D eigenvalue weighted by Gasteiger charge is 2.06. The molecule has 1 aliphatic heterocycles. The molecular weight excluding hydrogens is 146 g/mol. The van der Waals surface area contributed by atoms with Crippen molar-refractivity contribution >= 4 is 5.57 Å². The van der Waals surface area contributed by atoms with Crippen LogP contribution < -0.4 is 0 Å². The van der Waals surface area contributed by atoms with Crippen molar-refractivity contribution in [2.45, 2.75) is 0 Å². The molecule has 0 amide bonds. The van der Waals surface area contributed by atoms with Crippen LogP contribution in [0.2, 0.25) is 0 Å². The van der Waals surface area contributed by atoms with Gasteiger partial charge in [0.05, 0.1) is 0 Å². The molecule has 0 N–H and O–H groups in total. The van der Waals surface area contributed by atoms with Gasteiger partial charge in [0.15, 0.2) is 0 Å². The maximum atomic E-state index is 3.89.